The zero-order valence-corrected chi connectivity index (χ0v) is 23.8. The van der Waals surface area contributed by atoms with Gasteiger partial charge in [-0.1, -0.05) is 56.1 Å². The monoisotopic (exact) mass is 654 g/mol. The second kappa shape index (κ2) is 10.3. The summed E-state index contributed by atoms with van der Waals surface area (Å²) in [5, 5.41) is 1.00. The van der Waals surface area contributed by atoms with E-state index in [9.17, 15) is 16.8 Å². The van der Waals surface area contributed by atoms with E-state index in [2.05, 4.69) is 41.3 Å². The van der Waals surface area contributed by atoms with E-state index in [0.29, 0.717) is 19.7 Å². The largest absolute Gasteiger partial charge is 0.495 e. The standard InChI is InChI=1S/C24H20Br2N2O6S2/c1-33-21-13-15(25)7-11-23(21)35(29,30)27-19-9-10-20(18-6-4-3-5-17(18)19)28-36(31,32)24-12-8-16(26)14-22(24)34-2/h3-14,27-28H,1-2H3. The fraction of sp³-hybridized carbons (Fsp3) is 0.0833. The minimum Gasteiger partial charge on any atom is -0.495 e. The number of sulfonamides is 2. The molecule has 0 aliphatic carbocycles. The van der Waals surface area contributed by atoms with Gasteiger partial charge in [0.1, 0.15) is 21.3 Å². The van der Waals surface area contributed by atoms with Gasteiger partial charge >= 0.3 is 0 Å². The maximum Gasteiger partial charge on any atom is 0.265 e. The van der Waals surface area contributed by atoms with Gasteiger partial charge in [0.15, 0.2) is 0 Å². The van der Waals surface area contributed by atoms with Gasteiger partial charge in [-0.05, 0) is 48.5 Å². The summed E-state index contributed by atoms with van der Waals surface area (Å²) < 4.78 is 69.8. The van der Waals surface area contributed by atoms with Crippen LogP contribution in [-0.2, 0) is 20.0 Å². The van der Waals surface area contributed by atoms with Crippen LogP contribution >= 0.6 is 31.9 Å². The Morgan fingerprint density at radius 3 is 1.36 bits per heavy atom. The van der Waals surface area contributed by atoms with Crippen molar-refractivity contribution >= 4 is 74.1 Å². The third-order valence-electron chi connectivity index (χ3n) is 5.24. The number of halogens is 2. The lowest BCUT2D eigenvalue weighted by Crippen LogP contribution is -2.16. The molecular weight excluding hydrogens is 636 g/mol. The first-order valence-electron chi connectivity index (χ1n) is 10.3. The summed E-state index contributed by atoms with van der Waals surface area (Å²) in [7, 11) is -5.27. The smallest absolute Gasteiger partial charge is 0.265 e. The average molecular weight is 656 g/mol. The van der Waals surface area contributed by atoms with E-state index in [1.807, 2.05) is 0 Å². The van der Waals surface area contributed by atoms with Crippen molar-refractivity contribution < 1.29 is 26.3 Å². The highest BCUT2D eigenvalue weighted by Crippen LogP contribution is 2.36. The molecule has 0 atom stereocenters. The maximum absolute atomic E-state index is 13.2. The first kappa shape index (κ1) is 26.3. The molecule has 4 aromatic carbocycles. The summed E-state index contributed by atoms with van der Waals surface area (Å²) >= 11 is 6.61. The van der Waals surface area contributed by atoms with Gasteiger partial charge in [-0.2, -0.15) is 0 Å². The number of hydrogen-bond donors (Lipinski definition) is 2. The molecule has 0 aliphatic rings. The highest BCUT2D eigenvalue weighted by Gasteiger charge is 2.23. The van der Waals surface area contributed by atoms with Crippen LogP contribution in [0.15, 0.2) is 91.5 Å². The number of nitrogens with one attached hydrogen (secondary N) is 2. The quantitative estimate of drug-likeness (QED) is 0.242. The van der Waals surface area contributed by atoms with Gasteiger partial charge in [0.05, 0.1) is 25.6 Å². The van der Waals surface area contributed by atoms with Gasteiger partial charge in [-0.15, -0.1) is 0 Å². The van der Waals surface area contributed by atoms with Gasteiger partial charge in [0, 0.05) is 19.7 Å². The Morgan fingerprint density at radius 1 is 0.611 bits per heavy atom. The van der Waals surface area contributed by atoms with Crippen molar-refractivity contribution in [3.8, 4) is 11.5 Å². The maximum atomic E-state index is 13.2. The van der Waals surface area contributed by atoms with Crippen molar-refractivity contribution in [2.75, 3.05) is 23.7 Å². The molecular formula is C24H20Br2N2O6S2. The summed E-state index contributed by atoms with van der Waals surface area (Å²) in [4.78, 5) is -0.0752. The van der Waals surface area contributed by atoms with Crippen molar-refractivity contribution in [2.45, 2.75) is 9.79 Å². The van der Waals surface area contributed by atoms with E-state index in [0.717, 1.165) is 0 Å². The molecule has 188 valence electrons. The third kappa shape index (κ3) is 5.31. The number of ether oxygens (including phenoxy) is 2. The van der Waals surface area contributed by atoms with Crippen LogP contribution in [0.1, 0.15) is 0 Å². The van der Waals surface area contributed by atoms with Crippen LogP contribution in [0.2, 0.25) is 0 Å². The van der Waals surface area contributed by atoms with E-state index in [1.165, 1.54) is 38.5 Å². The summed E-state index contributed by atoms with van der Waals surface area (Å²) in [6, 6.07) is 19.0. The summed E-state index contributed by atoms with van der Waals surface area (Å²) in [5.41, 5.74) is 0.555. The molecule has 0 aliphatic heterocycles. The van der Waals surface area contributed by atoms with Crippen LogP contribution in [0.4, 0.5) is 11.4 Å². The molecule has 4 rings (SSSR count). The molecule has 0 bridgehead atoms. The fourth-order valence-electron chi connectivity index (χ4n) is 3.60. The van der Waals surface area contributed by atoms with Gasteiger partial charge in [0.2, 0.25) is 0 Å². The van der Waals surface area contributed by atoms with Crippen LogP contribution in [0.5, 0.6) is 11.5 Å². The second-order valence-corrected chi connectivity index (χ2v) is 12.6. The summed E-state index contributed by atoms with van der Waals surface area (Å²) in [6.45, 7) is 0. The Balaban J connectivity index is 1.75. The minimum atomic E-state index is -4.02. The molecule has 0 saturated carbocycles. The number of hydrogen-bond acceptors (Lipinski definition) is 6. The molecule has 0 saturated heterocycles. The zero-order valence-electron chi connectivity index (χ0n) is 19.0. The van der Waals surface area contributed by atoms with Crippen LogP contribution < -0.4 is 18.9 Å². The molecule has 0 heterocycles. The van der Waals surface area contributed by atoms with E-state index in [1.54, 1.807) is 48.5 Å². The average Bonchev–Trinajstić information content (AvgIpc) is 2.84. The normalized spacial score (nSPS) is 11.8. The Morgan fingerprint density at radius 2 is 1.00 bits per heavy atom. The number of benzene rings is 4. The second-order valence-electron chi connectivity index (χ2n) is 7.51. The summed E-state index contributed by atoms with van der Waals surface area (Å²) in [5.74, 6) is 0.350. The lowest BCUT2D eigenvalue weighted by atomic mass is 10.1. The number of methoxy groups -OCH3 is 2. The minimum absolute atomic E-state index is 0.0376. The fourth-order valence-corrected chi connectivity index (χ4v) is 6.75. The molecule has 0 fully saturated rings. The molecule has 8 nitrogen and oxygen atoms in total. The van der Waals surface area contributed by atoms with E-state index >= 15 is 0 Å². The number of fused-ring (bicyclic) bond motifs is 1. The molecule has 0 unspecified atom stereocenters. The van der Waals surface area contributed by atoms with Crippen molar-refractivity contribution in [1.29, 1.82) is 0 Å². The SMILES string of the molecule is COc1cc(Br)ccc1S(=O)(=O)Nc1ccc(NS(=O)(=O)c2ccc(Br)cc2OC)c2ccccc12. The summed E-state index contributed by atoms with van der Waals surface area (Å²) in [6.07, 6.45) is 0. The van der Waals surface area contributed by atoms with Crippen LogP contribution in [-0.4, -0.2) is 31.1 Å². The van der Waals surface area contributed by atoms with Crippen LogP contribution in [0.25, 0.3) is 10.8 Å². The first-order valence-corrected chi connectivity index (χ1v) is 14.9. The van der Waals surface area contributed by atoms with Crippen molar-refractivity contribution in [3.05, 3.63) is 81.7 Å². The van der Waals surface area contributed by atoms with E-state index < -0.39 is 20.0 Å². The van der Waals surface area contributed by atoms with Gasteiger partial charge in [0.25, 0.3) is 20.0 Å². The van der Waals surface area contributed by atoms with E-state index in [-0.39, 0.29) is 32.7 Å². The van der Waals surface area contributed by atoms with Crippen molar-refractivity contribution in [1.82, 2.24) is 0 Å². The lowest BCUT2D eigenvalue weighted by Gasteiger charge is -2.17. The molecule has 36 heavy (non-hydrogen) atoms. The van der Waals surface area contributed by atoms with Gasteiger partial charge in [-0.3, -0.25) is 9.44 Å². The van der Waals surface area contributed by atoms with Gasteiger partial charge in [-0.25, -0.2) is 16.8 Å². The molecule has 4 aromatic rings. The molecule has 0 spiro atoms. The molecule has 2 N–H and O–H groups in total. The van der Waals surface area contributed by atoms with Crippen LogP contribution in [0, 0.1) is 0 Å². The Bertz CT molecular complexity index is 1550. The molecule has 12 heteroatoms. The van der Waals surface area contributed by atoms with Crippen molar-refractivity contribution in [3.63, 3.8) is 0 Å². The highest BCUT2D eigenvalue weighted by atomic mass is 79.9. The molecule has 0 radical (unpaired) electrons. The predicted molar refractivity (Wildman–Crippen MR) is 147 cm³/mol. The van der Waals surface area contributed by atoms with Crippen LogP contribution in [0.3, 0.4) is 0 Å². The Labute approximate surface area is 226 Å². The van der Waals surface area contributed by atoms with Gasteiger partial charge < -0.3 is 9.47 Å². The third-order valence-corrected chi connectivity index (χ3v) is 9.04. The zero-order chi connectivity index (χ0) is 26.1. The van der Waals surface area contributed by atoms with Crippen molar-refractivity contribution in [2.24, 2.45) is 0 Å². The first-order chi connectivity index (χ1) is 17.1. The Hall–Kier alpha value is -2.80. The topological polar surface area (TPSA) is 111 Å². The van der Waals surface area contributed by atoms with E-state index in [4.69, 9.17) is 9.47 Å². The number of anilines is 2. The number of rotatable bonds is 8. The lowest BCUT2D eigenvalue weighted by molar-refractivity contribution is 0.402. The molecule has 0 amide bonds. The highest BCUT2D eigenvalue weighted by molar-refractivity contribution is 9.10. The predicted octanol–water partition coefficient (Wildman–Crippen LogP) is 5.98. The Kier molecular flexibility index (Phi) is 7.51. The molecule has 0 aromatic heterocycles.